The SMILES string of the molecule is CCN(CC)CCCNc1ncc(F)cn1. The number of anilines is 1. The van der Waals surface area contributed by atoms with E-state index in [4.69, 9.17) is 0 Å². The van der Waals surface area contributed by atoms with Gasteiger partial charge in [-0.15, -0.1) is 0 Å². The first-order valence-electron chi connectivity index (χ1n) is 5.70. The van der Waals surface area contributed by atoms with E-state index in [-0.39, 0.29) is 0 Å². The first kappa shape index (κ1) is 12.8. The number of nitrogens with zero attached hydrogens (tertiary/aromatic N) is 3. The molecular weight excluding hydrogens is 207 g/mol. The highest BCUT2D eigenvalue weighted by molar-refractivity contribution is 5.21. The first-order valence-corrected chi connectivity index (χ1v) is 5.70. The maximum Gasteiger partial charge on any atom is 0.222 e. The van der Waals surface area contributed by atoms with E-state index in [0.717, 1.165) is 32.6 Å². The van der Waals surface area contributed by atoms with E-state index in [1.54, 1.807) is 0 Å². The molecule has 0 radical (unpaired) electrons. The molecule has 0 atom stereocenters. The summed E-state index contributed by atoms with van der Waals surface area (Å²) in [5, 5.41) is 3.06. The molecular formula is C11H19FN4. The van der Waals surface area contributed by atoms with Crippen LogP contribution in [0, 0.1) is 5.82 Å². The Morgan fingerprint density at radius 2 is 1.88 bits per heavy atom. The summed E-state index contributed by atoms with van der Waals surface area (Å²) < 4.78 is 12.5. The number of nitrogens with one attached hydrogen (secondary N) is 1. The van der Waals surface area contributed by atoms with E-state index < -0.39 is 5.82 Å². The van der Waals surface area contributed by atoms with Gasteiger partial charge >= 0.3 is 0 Å². The average molecular weight is 226 g/mol. The van der Waals surface area contributed by atoms with E-state index in [9.17, 15) is 4.39 Å². The van der Waals surface area contributed by atoms with Gasteiger partial charge < -0.3 is 10.2 Å². The second-order valence-electron chi connectivity index (χ2n) is 3.53. The maximum atomic E-state index is 12.5. The van der Waals surface area contributed by atoms with Crippen LogP contribution in [0.1, 0.15) is 20.3 Å². The van der Waals surface area contributed by atoms with Crippen LogP contribution in [0.25, 0.3) is 0 Å². The van der Waals surface area contributed by atoms with Gasteiger partial charge in [0.15, 0.2) is 5.82 Å². The third-order valence-electron chi connectivity index (χ3n) is 2.45. The van der Waals surface area contributed by atoms with E-state index in [0.29, 0.717) is 5.95 Å². The fourth-order valence-electron chi connectivity index (χ4n) is 1.45. The van der Waals surface area contributed by atoms with Gasteiger partial charge in [-0.25, -0.2) is 14.4 Å². The van der Waals surface area contributed by atoms with Gasteiger partial charge in [0.05, 0.1) is 12.4 Å². The van der Waals surface area contributed by atoms with Gasteiger partial charge in [0, 0.05) is 6.54 Å². The van der Waals surface area contributed by atoms with Crippen LogP contribution < -0.4 is 5.32 Å². The van der Waals surface area contributed by atoms with Crippen molar-refractivity contribution in [2.24, 2.45) is 0 Å². The van der Waals surface area contributed by atoms with Crippen molar-refractivity contribution in [2.75, 3.05) is 31.5 Å². The largest absolute Gasteiger partial charge is 0.354 e. The molecule has 0 aromatic carbocycles. The minimum absolute atomic E-state index is 0.409. The molecule has 16 heavy (non-hydrogen) atoms. The van der Waals surface area contributed by atoms with Crippen molar-refractivity contribution in [3.05, 3.63) is 18.2 Å². The van der Waals surface area contributed by atoms with Crippen molar-refractivity contribution < 1.29 is 4.39 Å². The molecule has 90 valence electrons. The zero-order valence-electron chi connectivity index (χ0n) is 9.91. The standard InChI is InChI=1S/C11H19FN4/c1-3-16(4-2)7-5-6-13-11-14-8-10(12)9-15-11/h8-9H,3-7H2,1-2H3,(H,13,14,15). The summed E-state index contributed by atoms with van der Waals surface area (Å²) in [4.78, 5) is 10.0. The molecule has 4 nitrogen and oxygen atoms in total. The van der Waals surface area contributed by atoms with Gasteiger partial charge in [-0.2, -0.15) is 0 Å². The van der Waals surface area contributed by atoms with Crippen molar-refractivity contribution in [3.63, 3.8) is 0 Å². The molecule has 1 aromatic heterocycles. The van der Waals surface area contributed by atoms with Crippen LogP contribution >= 0.6 is 0 Å². The lowest BCUT2D eigenvalue weighted by molar-refractivity contribution is 0.303. The lowest BCUT2D eigenvalue weighted by Crippen LogP contribution is -2.25. The van der Waals surface area contributed by atoms with Crippen molar-refractivity contribution in [1.29, 1.82) is 0 Å². The van der Waals surface area contributed by atoms with E-state index in [2.05, 4.69) is 34.0 Å². The predicted octanol–water partition coefficient (Wildman–Crippen LogP) is 1.76. The predicted molar refractivity (Wildman–Crippen MR) is 62.9 cm³/mol. The summed E-state index contributed by atoms with van der Waals surface area (Å²) in [5.41, 5.74) is 0. The molecule has 1 rings (SSSR count). The van der Waals surface area contributed by atoms with Crippen molar-refractivity contribution >= 4 is 5.95 Å². The molecule has 5 heteroatoms. The Balaban J connectivity index is 2.18. The third kappa shape index (κ3) is 4.53. The summed E-state index contributed by atoms with van der Waals surface area (Å²) in [5.74, 6) is 0.0784. The quantitative estimate of drug-likeness (QED) is 0.719. The van der Waals surface area contributed by atoms with Crippen LogP contribution in [0.2, 0.25) is 0 Å². The van der Waals surface area contributed by atoms with E-state index in [1.807, 2.05) is 0 Å². The molecule has 0 bridgehead atoms. The molecule has 0 spiro atoms. The monoisotopic (exact) mass is 226 g/mol. The van der Waals surface area contributed by atoms with Gasteiger partial charge in [-0.05, 0) is 26.1 Å². The number of aromatic nitrogens is 2. The maximum absolute atomic E-state index is 12.5. The Labute approximate surface area is 95.9 Å². The van der Waals surface area contributed by atoms with Gasteiger partial charge in [0.25, 0.3) is 0 Å². The summed E-state index contributed by atoms with van der Waals surface area (Å²) in [6, 6.07) is 0. The van der Waals surface area contributed by atoms with Crippen molar-refractivity contribution in [3.8, 4) is 0 Å². The van der Waals surface area contributed by atoms with Crippen LogP contribution in [0.3, 0.4) is 0 Å². The van der Waals surface area contributed by atoms with Gasteiger partial charge in [-0.1, -0.05) is 13.8 Å². The van der Waals surface area contributed by atoms with Crippen molar-refractivity contribution in [2.45, 2.75) is 20.3 Å². The first-order chi connectivity index (χ1) is 7.76. The Kier molecular flexibility index (Phi) is 5.71. The Hall–Kier alpha value is -1.23. The Morgan fingerprint density at radius 3 is 2.44 bits per heavy atom. The zero-order chi connectivity index (χ0) is 11.8. The minimum atomic E-state index is -0.409. The van der Waals surface area contributed by atoms with Crippen LogP contribution in [0.15, 0.2) is 12.4 Å². The molecule has 1 heterocycles. The Bertz CT molecular complexity index is 285. The minimum Gasteiger partial charge on any atom is -0.354 e. The summed E-state index contributed by atoms with van der Waals surface area (Å²) >= 11 is 0. The molecule has 0 aliphatic rings. The smallest absolute Gasteiger partial charge is 0.222 e. The highest BCUT2D eigenvalue weighted by Crippen LogP contribution is 1.98. The second kappa shape index (κ2) is 7.11. The van der Waals surface area contributed by atoms with Crippen molar-refractivity contribution in [1.82, 2.24) is 14.9 Å². The number of hydrogen-bond acceptors (Lipinski definition) is 4. The molecule has 0 unspecified atom stereocenters. The molecule has 1 N–H and O–H groups in total. The highest BCUT2D eigenvalue weighted by atomic mass is 19.1. The lowest BCUT2D eigenvalue weighted by Gasteiger charge is -2.17. The van der Waals surface area contributed by atoms with Gasteiger partial charge in [0.1, 0.15) is 0 Å². The molecule has 0 amide bonds. The van der Waals surface area contributed by atoms with Gasteiger partial charge in [0.2, 0.25) is 5.95 Å². The summed E-state index contributed by atoms with van der Waals surface area (Å²) in [6.07, 6.45) is 3.36. The molecule has 0 aliphatic carbocycles. The number of rotatable bonds is 7. The third-order valence-corrected chi connectivity index (χ3v) is 2.45. The molecule has 0 fully saturated rings. The highest BCUT2D eigenvalue weighted by Gasteiger charge is 1.99. The fourth-order valence-corrected chi connectivity index (χ4v) is 1.45. The Morgan fingerprint density at radius 1 is 1.25 bits per heavy atom. The van der Waals surface area contributed by atoms with E-state index in [1.165, 1.54) is 12.4 Å². The molecule has 0 aliphatic heterocycles. The zero-order valence-corrected chi connectivity index (χ0v) is 9.91. The topological polar surface area (TPSA) is 41.0 Å². The summed E-state index contributed by atoms with van der Waals surface area (Å²) in [6.45, 7) is 8.32. The number of hydrogen-bond donors (Lipinski definition) is 1. The number of halogens is 1. The lowest BCUT2D eigenvalue weighted by atomic mass is 10.3. The van der Waals surface area contributed by atoms with Crippen LogP contribution in [-0.4, -0.2) is 41.0 Å². The summed E-state index contributed by atoms with van der Waals surface area (Å²) in [7, 11) is 0. The fraction of sp³-hybridized carbons (Fsp3) is 0.636. The van der Waals surface area contributed by atoms with Crippen LogP contribution in [0.4, 0.5) is 10.3 Å². The molecule has 0 saturated carbocycles. The normalized spacial score (nSPS) is 10.8. The van der Waals surface area contributed by atoms with E-state index >= 15 is 0 Å². The van der Waals surface area contributed by atoms with Gasteiger partial charge in [-0.3, -0.25) is 0 Å². The second-order valence-corrected chi connectivity index (χ2v) is 3.53. The molecule has 1 aromatic rings. The van der Waals surface area contributed by atoms with Crippen LogP contribution in [-0.2, 0) is 0 Å². The average Bonchev–Trinajstić information content (AvgIpc) is 2.32. The van der Waals surface area contributed by atoms with Crippen LogP contribution in [0.5, 0.6) is 0 Å². The molecule has 0 saturated heterocycles.